The monoisotopic (exact) mass is 403 g/mol. The summed E-state index contributed by atoms with van der Waals surface area (Å²) in [4.78, 5) is 12.3. The van der Waals surface area contributed by atoms with Gasteiger partial charge >= 0.3 is 0 Å². The van der Waals surface area contributed by atoms with Gasteiger partial charge in [0.05, 0.1) is 6.61 Å². The quantitative estimate of drug-likeness (QED) is 0.308. The summed E-state index contributed by atoms with van der Waals surface area (Å²) in [6, 6.07) is 8.58. The van der Waals surface area contributed by atoms with Crippen molar-refractivity contribution in [2.75, 3.05) is 13.2 Å². The Kier molecular flexibility index (Phi) is 11.2. The molecule has 1 N–H and O–H groups in total. The van der Waals surface area contributed by atoms with Crippen LogP contribution in [0.5, 0.6) is 5.75 Å². The van der Waals surface area contributed by atoms with Gasteiger partial charge in [0.25, 0.3) is 0 Å². The second-order valence-corrected chi connectivity index (χ2v) is 9.28. The molecular weight excluding hydrogens is 358 g/mol. The number of amides is 1. The molecule has 29 heavy (non-hydrogen) atoms. The van der Waals surface area contributed by atoms with Crippen LogP contribution in [0.3, 0.4) is 0 Å². The first-order valence-electron chi connectivity index (χ1n) is 12.1. The minimum Gasteiger partial charge on any atom is -0.494 e. The first-order valence-corrected chi connectivity index (χ1v) is 12.1. The number of rotatable bonds is 16. The molecule has 0 aromatic heterocycles. The SMILES string of the molecule is CCC(CCCCc1ccc(OCCCCCC(C)C)cc1)C(=O)NCC1CC1.[HH]. The highest BCUT2D eigenvalue weighted by Crippen LogP contribution is 2.28. The van der Waals surface area contributed by atoms with Crippen LogP contribution in [0.4, 0.5) is 0 Å². The third-order valence-corrected chi connectivity index (χ3v) is 6.01. The van der Waals surface area contributed by atoms with Crippen molar-refractivity contribution < 1.29 is 11.0 Å². The Morgan fingerprint density at radius 2 is 1.79 bits per heavy atom. The van der Waals surface area contributed by atoms with Crippen molar-refractivity contribution in [1.82, 2.24) is 5.32 Å². The normalized spacial score (nSPS) is 14.8. The van der Waals surface area contributed by atoms with Gasteiger partial charge in [-0.05, 0) is 74.5 Å². The predicted octanol–water partition coefficient (Wildman–Crippen LogP) is 6.79. The van der Waals surface area contributed by atoms with Crippen molar-refractivity contribution in [1.29, 1.82) is 0 Å². The van der Waals surface area contributed by atoms with E-state index in [0.29, 0.717) is 0 Å². The fourth-order valence-corrected chi connectivity index (χ4v) is 3.73. The van der Waals surface area contributed by atoms with E-state index in [1.54, 1.807) is 0 Å². The van der Waals surface area contributed by atoms with Crippen LogP contribution >= 0.6 is 0 Å². The highest BCUT2D eigenvalue weighted by Gasteiger charge is 2.23. The van der Waals surface area contributed by atoms with Crippen molar-refractivity contribution >= 4 is 5.91 Å². The first-order chi connectivity index (χ1) is 14.1. The van der Waals surface area contributed by atoms with Gasteiger partial charge in [-0.15, -0.1) is 0 Å². The average molecular weight is 404 g/mol. The second kappa shape index (κ2) is 13.7. The van der Waals surface area contributed by atoms with Gasteiger partial charge in [-0.2, -0.15) is 0 Å². The number of aryl methyl sites for hydroxylation is 1. The van der Waals surface area contributed by atoms with Crippen LogP contribution in [0.1, 0.15) is 92.0 Å². The van der Waals surface area contributed by atoms with Crippen LogP contribution in [0.2, 0.25) is 0 Å². The lowest BCUT2D eigenvalue weighted by Gasteiger charge is -2.14. The van der Waals surface area contributed by atoms with E-state index in [1.807, 2.05) is 0 Å². The van der Waals surface area contributed by atoms with E-state index >= 15 is 0 Å². The third-order valence-electron chi connectivity index (χ3n) is 6.01. The molecule has 1 aliphatic carbocycles. The molecule has 1 fully saturated rings. The zero-order chi connectivity index (χ0) is 20.9. The number of hydrogen-bond acceptors (Lipinski definition) is 2. The van der Waals surface area contributed by atoms with Crippen molar-refractivity contribution in [2.24, 2.45) is 17.8 Å². The van der Waals surface area contributed by atoms with Gasteiger partial charge in [0.15, 0.2) is 0 Å². The predicted molar refractivity (Wildman–Crippen MR) is 124 cm³/mol. The Hall–Kier alpha value is -1.51. The zero-order valence-corrected chi connectivity index (χ0v) is 19.1. The van der Waals surface area contributed by atoms with Gasteiger partial charge in [-0.1, -0.05) is 58.6 Å². The van der Waals surface area contributed by atoms with Gasteiger partial charge in [0.1, 0.15) is 5.75 Å². The van der Waals surface area contributed by atoms with Gasteiger partial charge < -0.3 is 10.1 Å². The Morgan fingerprint density at radius 3 is 2.45 bits per heavy atom. The number of ether oxygens (including phenoxy) is 1. The molecule has 1 aromatic rings. The molecular formula is C26H45NO2. The van der Waals surface area contributed by atoms with Crippen LogP contribution in [0.15, 0.2) is 24.3 Å². The maximum atomic E-state index is 12.3. The molecule has 0 saturated heterocycles. The fraction of sp³-hybridized carbons (Fsp3) is 0.731. The number of carbonyl (C=O) groups is 1. The Balaban J connectivity index is 0.00000450. The van der Waals surface area contributed by atoms with Gasteiger partial charge in [0.2, 0.25) is 5.91 Å². The highest BCUT2D eigenvalue weighted by atomic mass is 16.5. The molecule has 0 bridgehead atoms. The summed E-state index contributed by atoms with van der Waals surface area (Å²) in [5, 5.41) is 3.14. The molecule has 1 aliphatic rings. The molecule has 3 nitrogen and oxygen atoms in total. The Labute approximate surface area is 180 Å². The number of hydrogen-bond donors (Lipinski definition) is 1. The van der Waals surface area contributed by atoms with E-state index in [4.69, 9.17) is 4.74 Å². The number of nitrogens with one attached hydrogen (secondary N) is 1. The van der Waals surface area contributed by atoms with Crippen molar-refractivity contribution in [3.8, 4) is 5.75 Å². The van der Waals surface area contributed by atoms with E-state index in [0.717, 1.165) is 69.3 Å². The second-order valence-electron chi connectivity index (χ2n) is 9.28. The molecule has 166 valence electrons. The zero-order valence-electron chi connectivity index (χ0n) is 19.1. The summed E-state index contributed by atoms with van der Waals surface area (Å²) in [6.45, 7) is 8.41. The molecule has 3 heteroatoms. The van der Waals surface area contributed by atoms with Crippen LogP contribution < -0.4 is 10.1 Å². The molecule has 1 unspecified atom stereocenters. The van der Waals surface area contributed by atoms with E-state index in [9.17, 15) is 4.79 Å². The summed E-state index contributed by atoms with van der Waals surface area (Å²) in [7, 11) is 0. The molecule has 0 spiro atoms. The highest BCUT2D eigenvalue weighted by molar-refractivity contribution is 5.78. The maximum Gasteiger partial charge on any atom is 0.223 e. The van der Waals surface area contributed by atoms with E-state index < -0.39 is 0 Å². The topological polar surface area (TPSA) is 38.3 Å². The van der Waals surface area contributed by atoms with E-state index in [2.05, 4.69) is 50.4 Å². The molecule has 1 atom stereocenters. The molecule has 0 radical (unpaired) electrons. The minimum atomic E-state index is 0. The lowest BCUT2D eigenvalue weighted by atomic mass is 9.96. The maximum absolute atomic E-state index is 12.3. The Morgan fingerprint density at radius 1 is 1.07 bits per heavy atom. The van der Waals surface area contributed by atoms with Gasteiger partial charge in [-0.3, -0.25) is 4.79 Å². The van der Waals surface area contributed by atoms with Crippen molar-refractivity contribution in [3.63, 3.8) is 0 Å². The molecule has 2 rings (SSSR count). The standard InChI is InChI=1S/C26H43NO2.H2/c1-4-24(26(28)27-20-23-13-14-23)12-8-7-11-22-15-17-25(18-16-22)29-19-9-5-6-10-21(2)3;/h15-18,21,23-24H,4-14,19-20H2,1-3H3,(H,27,28);1H. The third kappa shape index (κ3) is 10.7. The Bertz CT molecular complexity index is 569. The molecule has 1 amide bonds. The molecule has 0 heterocycles. The van der Waals surface area contributed by atoms with E-state index in [1.165, 1.54) is 37.7 Å². The van der Waals surface area contributed by atoms with Crippen LogP contribution in [-0.2, 0) is 11.2 Å². The summed E-state index contributed by atoms with van der Waals surface area (Å²) >= 11 is 0. The van der Waals surface area contributed by atoms with Crippen molar-refractivity contribution in [3.05, 3.63) is 29.8 Å². The van der Waals surface area contributed by atoms with Crippen LogP contribution in [0.25, 0.3) is 0 Å². The average Bonchev–Trinajstić information content (AvgIpc) is 3.54. The summed E-state index contributed by atoms with van der Waals surface area (Å²) in [5.74, 6) is 3.00. The van der Waals surface area contributed by atoms with Crippen molar-refractivity contribution in [2.45, 2.75) is 91.4 Å². The largest absolute Gasteiger partial charge is 0.494 e. The fourth-order valence-electron chi connectivity index (χ4n) is 3.73. The number of unbranched alkanes of at least 4 members (excludes halogenated alkanes) is 3. The molecule has 1 aromatic carbocycles. The van der Waals surface area contributed by atoms with Gasteiger partial charge in [0, 0.05) is 13.9 Å². The molecule has 1 saturated carbocycles. The number of benzene rings is 1. The summed E-state index contributed by atoms with van der Waals surface area (Å²) in [5.41, 5.74) is 1.36. The summed E-state index contributed by atoms with van der Waals surface area (Å²) in [6.07, 6.45) is 12.9. The first kappa shape index (κ1) is 23.8. The van der Waals surface area contributed by atoms with Crippen LogP contribution in [0, 0.1) is 17.8 Å². The smallest absolute Gasteiger partial charge is 0.223 e. The van der Waals surface area contributed by atoms with Crippen LogP contribution in [-0.4, -0.2) is 19.1 Å². The van der Waals surface area contributed by atoms with Gasteiger partial charge in [-0.25, -0.2) is 0 Å². The minimum absolute atomic E-state index is 0. The lowest BCUT2D eigenvalue weighted by Crippen LogP contribution is -2.32. The molecule has 0 aliphatic heterocycles. The van der Waals surface area contributed by atoms with E-state index in [-0.39, 0.29) is 13.3 Å². The summed E-state index contributed by atoms with van der Waals surface area (Å²) < 4.78 is 5.87. The lowest BCUT2D eigenvalue weighted by molar-refractivity contribution is -0.125. The number of carbonyl (C=O) groups excluding carboxylic acids is 1.